The Hall–Kier alpha value is -4.32. The number of halogens is 1. The van der Waals surface area contributed by atoms with E-state index >= 15 is 0 Å². The first-order valence-electron chi connectivity index (χ1n) is 12.2. The number of hydrogen-bond donors (Lipinski definition) is 3. The number of hydrogen-bond acceptors (Lipinski definition) is 7. The van der Waals surface area contributed by atoms with Gasteiger partial charge < -0.3 is 20.3 Å². The Labute approximate surface area is 226 Å². The Morgan fingerprint density at radius 2 is 1.82 bits per heavy atom. The van der Waals surface area contributed by atoms with Crippen molar-refractivity contribution < 1.29 is 9.53 Å². The molecule has 0 atom stereocenters. The molecule has 5 rings (SSSR count). The summed E-state index contributed by atoms with van der Waals surface area (Å²) >= 11 is 6.40. The number of aromatic nitrogens is 2. The molecule has 1 amide bonds. The van der Waals surface area contributed by atoms with Gasteiger partial charge in [0.2, 0.25) is 0 Å². The monoisotopic (exact) mass is 526 g/mol. The number of carbonyl (C=O) groups excluding carboxylic acids is 1. The van der Waals surface area contributed by atoms with Gasteiger partial charge in [0.25, 0.3) is 5.91 Å². The Morgan fingerprint density at radius 3 is 2.55 bits per heavy atom. The second-order valence-corrected chi connectivity index (χ2v) is 9.48. The third-order valence-electron chi connectivity index (χ3n) is 6.15. The molecule has 0 spiro atoms. The van der Waals surface area contributed by atoms with Crippen LogP contribution in [-0.4, -0.2) is 54.1 Å². The molecule has 0 saturated carbocycles. The molecule has 1 saturated heterocycles. The molecular weight excluding hydrogens is 500 g/mol. The van der Waals surface area contributed by atoms with Crippen molar-refractivity contribution in [2.45, 2.75) is 12.5 Å². The first-order chi connectivity index (χ1) is 18.5. The summed E-state index contributed by atoms with van der Waals surface area (Å²) in [7, 11) is 3.63. The van der Waals surface area contributed by atoms with Crippen molar-refractivity contribution in [3.8, 4) is 17.7 Å². The predicted octanol–water partition coefficient (Wildman–Crippen LogP) is 4.69. The third kappa shape index (κ3) is 5.97. The van der Waals surface area contributed by atoms with Gasteiger partial charge in [-0.05, 0) is 49.0 Å². The first-order valence-corrected chi connectivity index (χ1v) is 12.6. The summed E-state index contributed by atoms with van der Waals surface area (Å²) in [6, 6.07) is 23.6. The molecule has 0 radical (unpaired) electrons. The normalized spacial score (nSPS) is 13.2. The summed E-state index contributed by atoms with van der Waals surface area (Å²) in [4.78, 5) is 24.2. The van der Waals surface area contributed by atoms with Gasteiger partial charge in [-0.3, -0.25) is 10.1 Å². The van der Waals surface area contributed by atoms with E-state index in [4.69, 9.17) is 26.3 Å². The van der Waals surface area contributed by atoms with Gasteiger partial charge in [-0.2, -0.15) is 0 Å². The zero-order valence-electron chi connectivity index (χ0n) is 21.1. The SMILES string of the molecule is COc1ccc(Cl)c(Nc2nc3ccccc3nc2NC#CCc2cccc(C(=O)NC3CN(C)C3)c2)c1. The lowest BCUT2D eigenvalue weighted by Crippen LogP contribution is -2.57. The van der Waals surface area contributed by atoms with Gasteiger partial charge in [-0.15, -0.1) is 0 Å². The molecule has 192 valence electrons. The summed E-state index contributed by atoms with van der Waals surface area (Å²) in [5.74, 6) is 4.66. The molecule has 1 aromatic heterocycles. The molecule has 8 nitrogen and oxygen atoms in total. The Bertz CT molecular complexity index is 1540. The third-order valence-corrected chi connectivity index (χ3v) is 6.48. The average molecular weight is 527 g/mol. The second-order valence-electron chi connectivity index (χ2n) is 9.08. The Morgan fingerprint density at radius 1 is 1.05 bits per heavy atom. The predicted molar refractivity (Wildman–Crippen MR) is 151 cm³/mol. The van der Waals surface area contributed by atoms with Crippen LogP contribution in [0.3, 0.4) is 0 Å². The van der Waals surface area contributed by atoms with Gasteiger partial charge in [0, 0.05) is 37.2 Å². The fourth-order valence-corrected chi connectivity index (χ4v) is 4.33. The lowest BCUT2D eigenvalue weighted by atomic mass is 10.1. The summed E-state index contributed by atoms with van der Waals surface area (Å²) in [6.07, 6.45) is 0.464. The van der Waals surface area contributed by atoms with Crippen molar-refractivity contribution in [3.05, 3.63) is 82.9 Å². The van der Waals surface area contributed by atoms with Crippen LogP contribution in [0.15, 0.2) is 66.7 Å². The highest BCUT2D eigenvalue weighted by Gasteiger charge is 2.24. The molecular formula is C29H27ClN6O2. The number of carbonyl (C=O) groups is 1. The van der Waals surface area contributed by atoms with E-state index in [-0.39, 0.29) is 11.9 Å². The lowest BCUT2D eigenvalue weighted by Gasteiger charge is -2.36. The quantitative estimate of drug-likeness (QED) is 0.237. The highest BCUT2D eigenvalue weighted by Crippen LogP contribution is 2.31. The summed E-state index contributed by atoms with van der Waals surface area (Å²) < 4.78 is 5.32. The number of anilines is 3. The zero-order valence-corrected chi connectivity index (χ0v) is 21.8. The average Bonchev–Trinajstić information content (AvgIpc) is 2.91. The van der Waals surface area contributed by atoms with E-state index in [2.05, 4.69) is 32.8 Å². The van der Waals surface area contributed by atoms with Crippen molar-refractivity contribution in [1.29, 1.82) is 0 Å². The summed E-state index contributed by atoms with van der Waals surface area (Å²) in [6.45, 7) is 1.75. The fourth-order valence-electron chi connectivity index (χ4n) is 4.16. The minimum Gasteiger partial charge on any atom is -0.497 e. The van der Waals surface area contributed by atoms with Gasteiger partial charge in [0.15, 0.2) is 11.6 Å². The Kier molecular flexibility index (Phi) is 7.59. The van der Waals surface area contributed by atoms with Crippen LogP contribution in [-0.2, 0) is 6.42 Å². The van der Waals surface area contributed by atoms with Crippen LogP contribution >= 0.6 is 11.6 Å². The minimum atomic E-state index is -0.0607. The number of amides is 1. The Balaban J connectivity index is 1.32. The maximum absolute atomic E-state index is 12.6. The zero-order chi connectivity index (χ0) is 26.5. The van der Waals surface area contributed by atoms with E-state index in [1.165, 1.54) is 0 Å². The number of para-hydroxylation sites is 2. The first kappa shape index (κ1) is 25.3. The summed E-state index contributed by atoms with van der Waals surface area (Å²) in [5, 5.41) is 9.90. The number of ether oxygens (including phenoxy) is 1. The molecule has 4 aromatic rings. The van der Waals surface area contributed by atoms with Gasteiger partial charge in [-0.1, -0.05) is 41.8 Å². The van der Waals surface area contributed by atoms with Crippen LogP contribution in [0, 0.1) is 12.0 Å². The van der Waals surface area contributed by atoms with Crippen LogP contribution < -0.4 is 20.7 Å². The number of benzene rings is 3. The molecule has 1 aliphatic heterocycles. The maximum atomic E-state index is 12.6. The molecule has 0 bridgehead atoms. The fraction of sp³-hybridized carbons (Fsp3) is 0.207. The molecule has 1 fully saturated rings. The van der Waals surface area contributed by atoms with Crippen LogP contribution in [0.4, 0.5) is 17.3 Å². The van der Waals surface area contributed by atoms with Crippen LogP contribution in [0.2, 0.25) is 5.02 Å². The number of methoxy groups -OCH3 is 1. The van der Waals surface area contributed by atoms with Crippen molar-refractivity contribution in [3.63, 3.8) is 0 Å². The molecule has 2 heterocycles. The molecule has 1 aliphatic rings. The van der Waals surface area contributed by atoms with E-state index in [1.807, 2.05) is 55.6 Å². The molecule has 38 heavy (non-hydrogen) atoms. The molecule has 3 N–H and O–H groups in total. The van der Waals surface area contributed by atoms with Gasteiger partial charge in [0.1, 0.15) is 5.75 Å². The second kappa shape index (κ2) is 11.4. The van der Waals surface area contributed by atoms with Gasteiger partial charge in [-0.25, -0.2) is 9.97 Å². The van der Waals surface area contributed by atoms with Crippen LogP contribution in [0.5, 0.6) is 5.75 Å². The van der Waals surface area contributed by atoms with Crippen molar-refractivity contribution >= 4 is 45.9 Å². The van der Waals surface area contributed by atoms with E-state index in [1.54, 1.807) is 25.3 Å². The molecule has 0 unspecified atom stereocenters. The number of likely N-dealkylation sites (tertiary alicyclic amines) is 1. The highest BCUT2D eigenvalue weighted by molar-refractivity contribution is 6.33. The largest absolute Gasteiger partial charge is 0.497 e. The maximum Gasteiger partial charge on any atom is 0.251 e. The standard InChI is InChI=1S/C29H27ClN6O2/c1-36-17-21(18-36)32-29(37)20-9-5-7-19(15-20)8-6-14-31-27-28(34-25-11-4-3-10-24(25)33-27)35-26-16-22(38-2)12-13-23(26)30/h3-5,7,9-13,15-16,21H,8,17-18H2,1-2H3,(H,31,33)(H,32,37)(H,34,35). The van der Waals surface area contributed by atoms with Gasteiger partial charge >= 0.3 is 0 Å². The number of nitrogens with one attached hydrogen (secondary N) is 3. The lowest BCUT2D eigenvalue weighted by molar-refractivity contribution is 0.0857. The van der Waals surface area contributed by atoms with Gasteiger partial charge in [0.05, 0.1) is 34.9 Å². The number of rotatable bonds is 7. The summed E-state index contributed by atoms with van der Waals surface area (Å²) in [5.41, 5.74) is 3.68. The van der Waals surface area contributed by atoms with E-state index in [9.17, 15) is 4.79 Å². The van der Waals surface area contributed by atoms with Crippen molar-refractivity contribution in [1.82, 2.24) is 20.2 Å². The highest BCUT2D eigenvalue weighted by atomic mass is 35.5. The van der Waals surface area contributed by atoms with E-state index in [0.29, 0.717) is 40.1 Å². The molecule has 0 aliphatic carbocycles. The molecule has 3 aromatic carbocycles. The topological polar surface area (TPSA) is 91.4 Å². The van der Waals surface area contributed by atoms with E-state index in [0.717, 1.165) is 29.7 Å². The van der Waals surface area contributed by atoms with Crippen LogP contribution in [0.25, 0.3) is 11.0 Å². The molecule has 9 heteroatoms. The van der Waals surface area contributed by atoms with E-state index < -0.39 is 0 Å². The minimum absolute atomic E-state index is 0.0607. The number of fused-ring (bicyclic) bond motifs is 1. The smallest absolute Gasteiger partial charge is 0.251 e. The van der Waals surface area contributed by atoms with Crippen molar-refractivity contribution in [2.24, 2.45) is 0 Å². The number of likely N-dealkylation sites (N-methyl/N-ethyl adjacent to an activating group) is 1. The number of nitrogens with zero attached hydrogens (tertiary/aromatic N) is 3. The van der Waals surface area contributed by atoms with Crippen molar-refractivity contribution in [2.75, 3.05) is 37.9 Å². The van der Waals surface area contributed by atoms with Crippen LogP contribution in [0.1, 0.15) is 15.9 Å².